The van der Waals surface area contributed by atoms with Gasteiger partial charge in [-0.05, 0) is 56.3 Å². The number of benzene rings is 1. The Morgan fingerprint density at radius 1 is 1.10 bits per heavy atom. The Balaban J connectivity index is 1.28. The minimum atomic E-state index is -0.552. The van der Waals surface area contributed by atoms with Crippen LogP contribution >= 0.6 is 0 Å². The summed E-state index contributed by atoms with van der Waals surface area (Å²) in [5, 5.41) is 6.05. The van der Waals surface area contributed by atoms with Gasteiger partial charge in [-0.1, -0.05) is 12.1 Å². The summed E-state index contributed by atoms with van der Waals surface area (Å²) >= 11 is 0. The molecule has 0 aromatic heterocycles. The molecule has 4 aliphatic heterocycles. The van der Waals surface area contributed by atoms with Gasteiger partial charge in [-0.2, -0.15) is 0 Å². The molecule has 3 fully saturated rings. The summed E-state index contributed by atoms with van der Waals surface area (Å²) in [6, 6.07) is 7.47. The lowest BCUT2D eigenvalue weighted by Gasteiger charge is -2.35. The largest absolute Gasteiger partial charge is 0.322 e. The molecule has 3 unspecified atom stereocenters. The van der Waals surface area contributed by atoms with Crippen molar-refractivity contribution in [3.63, 3.8) is 0 Å². The molecule has 3 amide bonds. The van der Waals surface area contributed by atoms with Crippen molar-refractivity contribution in [1.29, 1.82) is 0 Å². The number of fused-ring (bicyclic) bond motifs is 3. The molecule has 0 saturated carbocycles. The van der Waals surface area contributed by atoms with Crippen LogP contribution < -0.4 is 10.6 Å². The fourth-order valence-electron chi connectivity index (χ4n) is 5.50. The summed E-state index contributed by atoms with van der Waals surface area (Å²) < 4.78 is 0. The highest BCUT2D eigenvalue weighted by Gasteiger charge is 2.39. The van der Waals surface area contributed by atoms with Gasteiger partial charge in [0, 0.05) is 43.2 Å². The molecule has 29 heavy (non-hydrogen) atoms. The van der Waals surface area contributed by atoms with Crippen LogP contribution in [0.15, 0.2) is 18.2 Å². The van der Waals surface area contributed by atoms with Crippen LogP contribution in [0.2, 0.25) is 0 Å². The van der Waals surface area contributed by atoms with Gasteiger partial charge < -0.3 is 10.2 Å². The highest BCUT2D eigenvalue weighted by molar-refractivity contribution is 6.05. The maximum Gasteiger partial charge on any atom is 0.255 e. The molecule has 0 radical (unpaired) electrons. The molecule has 3 saturated heterocycles. The van der Waals surface area contributed by atoms with Crippen LogP contribution in [0.1, 0.15) is 60.0 Å². The average Bonchev–Trinajstić information content (AvgIpc) is 3.20. The van der Waals surface area contributed by atoms with Gasteiger partial charge in [0.15, 0.2) is 0 Å². The predicted molar refractivity (Wildman–Crippen MR) is 107 cm³/mol. The van der Waals surface area contributed by atoms with Gasteiger partial charge in [-0.25, -0.2) is 0 Å². The zero-order valence-corrected chi connectivity index (χ0v) is 16.8. The molecule has 2 bridgehead atoms. The number of amides is 3. The molecule has 2 N–H and O–H groups in total. The van der Waals surface area contributed by atoms with Crippen molar-refractivity contribution in [3.8, 4) is 0 Å². The van der Waals surface area contributed by atoms with Crippen LogP contribution in [0.5, 0.6) is 0 Å². The fourth-order valence-corrected chi connectivity index (χ4v) is 5.50. The van der Waals surface area contributed by atoms with E-state index in [-0.39, 0.29) is 24.1 Å². The molecule has 3 atom stereocenters. The van der Waals surface area contributed by atoms with Gasteiger partial charge >= 0.3 is 0 Å². The third-order valence-electron chi connectivity index (χ3n) is 7.10. The van der Waals surface area contributed by atoms with E-state index in [0.29, 0.717) is 36.7 Å². The third kappa shape index (κ3) is 3.46. The van der Waals surface area contributed by atoms with E-state index in [1.165, 1.54) is 25.7 Å². The highest BCUT2D eigenvalue weighted by Crippen LogP contribution is 2.31. The highest BCUT2D eigenvalue weighted by atomic mass is 16.2. The van der Waals surface area contributed by atoms with Crippen LogP contribution in [0, 0.1) is 0 Å². The van der Waals surface area contributed by atoms with Crippen LogP contribution in [-0.4, -0.2) is 58.7 Å². The molecule has 7 nitrogen and oxygen atoms in total. The number of nitrogens with zero attached hydrogens (tertiary/aromatic N) is 2. The van der Waals surface area contributed by atoms with Gasteiger partial charge in [0.1, 0.15) is 6.04 Å². The molecule has 1 aromatic rings. The number of piperidine rings is 2. The first-order chi connectivity index (χ1) is 14.0. The molecule has 4 aliphatic rings. The Hall–Kier alpha value is -2.25. The number of imide groups is 1. The van der Waals surface area contributed by atoms with E-state index >= 15 is 0 Å². The minimum Gasteiger partial charge on any atom is -0.322 e. The van der Waals surface area contributed by atoms with E-state index in [1.807, 2.05) is 12.1 Å². The lowest BCUT2D eigenvalue weighted by atomic mass is 9.97. The van der Waals surface area contributed by atoms with E-state index in [4.69, 9.17) is 0 Å². The Labute approximate surface area is 170 Å². The quantitative estimate of drug-likeness (QED) is 0.747. The maximum atomic E-state index is 13.0. The fraction of sp³-hybridized carbons (Fsp3) is 0.591. The number of carbonyl (C=O) groups excluding carboxylic acids is 3. The molecule has 1 aromatic carbocycles. The number of hydrogen-bond acceptors (Lipinski definition) is 5. The minimum absolute atomic E-state index is 0.0982. The summed E-state index contributed by atoms with van der Waals surface area (Å²) in [4.78, 5) is 40.6. The Bertz CT molecular complexity index is 858. The third-order valence-corrected chi connectivity index (χ3v) is 7.10. The Kier molecular flexibility index (Phi) is 4.67. The topological polar surface area (TPSA) is 81.8 Å². The zero-order valence-electron chi connectivity index (χ0n) is 16.8. The van der Waals surface area contributed by atoms with Gasteiger partial charge in [0.05, 0.1) is 0 Å². The number of hydrogen-bond donors (Lipinski definition) is 2. The summed E-state index contributed by atoms with van der Waals surface area (Å²) in [5.74, 6) is -0.714. The van der Waals surface area contributed by atoms with Crippen LogP contribution in [0.4, 0.5) is 0 Å². The van der Waals surface area contributed by atoms with E-state index in [9.17, 15) is 14.4 Å². The predicted octanol–water partition coefficient (Wildman–Crippen LogP) is 1.16. The van der Waals surface area contributed by atoms with Crippen LogP contribution in [0.3, 0.4) is 0 Å². The summed E-state index contributed by atoms with van der Waals surface area (Å²) in [7, 11) is 2.18. The molecule has 4 heterocycles. The van der Waals surface area contributed by atoms with Crippen molar-refractivity contribution in [2.24, 2.45) is 0 Å². The number of carbonyl (C=O) groups is 3. The Morgan fingerprint density at radius 2 is 1.86 bits per heavy atom. The van der Waals surface area contributed by atoms with Crippen LogP contribution in [-0.2, 0) is 22.7 Å². The van der Waals surface area contributed by atoms with Crippen LogP contribution in [0.25, 0.3) is 0 Å². The summed E-state index contributed by atoms with van der Waals surface area (Å²) in [6.07, 6.45) is 5.65. The zero-order chi connectivity index (χ0) is 20.1. The Morgan fingerprint density at radius 3 is 2.59 bits per heavy atom. The first-order valence-corrected chi connectivity index (χ1v) is 10.7. The van der Waals surface area contributed by atoms with Gasteiger partial charge in [-0.3, -0.25) is 24.6 Å². The molecular weight excluding hydrogens is 368 g/mol. The van der Waals surface area contributed by atoms with E-state index in [0.717, 1.165) is 17.7 Å². The van der Waals surface area contributed by atoms with Gasteiger partial charge in [0.2, 0.25) is 11.8 Å². The van der Waals surface area contributed by atoms with Crippen molar-refractivity contribution in [2.75, 3.05) is 7.05 Å². The SMILES string of the molecule is CN(Cc1ccc2c(c1)C(=O)N(C1CCC(=O)NC1=O)C2)C1CC2CCC(C1)N2. The standard InChI is InChI=1S/C22H28N4O3/c1-25(17-9-15-4-5-16(10-17)23-15)11-13-2-3-14-12-26(22(29)18(14)8-13)19-6-7-20(27)24-21(19)28/h2-3,8,15-17,19,23H,4-7,9-12H2,1H3,(H,24,27,28). The van der Waals surface area contributed by atoms with E-state index < -0.39 is 6.04 Å². The second-order valence-electron chi connectivity index (χ2n) is 9.07. The number of nitrogens with one attached hydrogen (secondary N) is 2. The first-order valence-electron chi connectivity index (χ1n) is 10.7. The molecule has 154 valence electrons. The van der Waals surface area contributed by atoms with Gasteiger partial charge in [-0.15, -0.1) is 0 Å². The molecule has 7 heteroatoms. The normalized spacial score (nSPS) is 31.4. The maximum absolute atomic E-state index is 13.0. The van der Waals surface area contributed by atoms with E-state index in [1.54, 1.807) is 4.90 Å². The summed E-state index contributed by atoms with van der Waals surface area (Å²) in [5.41, 5.74) is 2.80. The van der Waals surface area contributed by atoms with Crippen molar-refractivity contribution in [2.45, 2.75) is 75.8 Å². The second kappa shape index (κ2) is 7.22. The molecule has 0 aliphatic carbocycles. The lowest BCUT2D eigenvalue weighted by molar-refractivity contribution is -0.136. The second-order valence-corrected chi connectivity index (χ2v) is 9.07. The molecule has 5 rings (SSSR count). The van der Waals surface area contributed by atoms with E-state index in [2.05, 4.69) is 28.6 Å². The summed E-state index contributed by atoms with van der Waals surface area (Å²) in [6.45, 7) is 1.26. The molecular formula is C22H28N4O3. The smallest absolute Gasteiger partial charge is 0.255 e. The van der Waals surface area contributed by atoms with Crippen molar-refractivity contribution >= 4 is 17.7 Å². The van der Waals surface area contributed by atoms with Crippen molar-refractivity contribution in [3.05, 3.63) is 34.9 Å². The van der Waals surface area contributed by atoms with Crippen molar-refractivity contribution in [1.82, 2.24) is 20.4 Å². The number of rotatable bonds is 4. The first kappa shape index (κ1) is 18.8. The molecule has 0 spiro atoms. The lowest BCUT2D eigenvalue weighted by Crippen LogP contribution is -2.52. The average molecular weight is 396 g/mol. The monoisotopic (exact) mass is 396 g/mol. The van der Waals surface area contributed by atoms with Gasteiger partial charge in [0.25, 0.3) is 5.91 Å². The van der Waals surface area contributed by atoms with Crippen molar-refractivity contribution < 1.29 is 14.4 Å².